The highest BCUT2D eigenvalue weighted by molar-refractivity contribution is 6.31. The lowest BCUT2D eigenvalue weighted by Crippen LogP contribution is -2.39. The molecule has 1 saturated heterocycles. The Kier molecular flexibility index (Phi) is 6.08. The van der Waals surface area contributed by atoms with E-state index in [0.717, 1.165) is 37.3 Å². The fraction of sp³-hybridized carbons (Fsp3) is 0.350. The van der Waals surface area contributed by atoms with Crippen LogP contribution >= 0.6 is 11.6 Å². The molecule has 1 amide bonds. The molecule has 26 heavy (non-hydrogen) atoms. The van der Waals surface area contributed by atoms with E-state index in [9.17, 15) is 10.1 Å². The van der Waals surface area contributed by atoms with Crippen LogP contribution < -0.4 is 10.2 Å². The molecule has 1 aromatic heterocycles. The molecule has 0 aliphatic carbocycles. The van der Waals surface area contributed by atoms with Crippen LogP contribution in [0, 0.1) is 17.2 Å². The largest absolute Gasteiger partial charge is 0.356 e. The molecule has 0 radical (unpaired) electrons. The number of aromatic nitrogens is 1. The van der Waals surface area contributed by atoms with Crippen LogP contribution in [-0.2, 0) is 11.2 Å². The molecule has 5 nitrogen and oxygen atoms in total. The SMILES string of the molecule is N#Cc1cccnc1N1CCC(CNC(=O)Cc2ccccc2Cl)CC1. The number of nitrogens with zero attached hydrogens (tertiary/aromatic N) is 3. The van der Waals surface area contributed by atoms with Crippen molar-refractivity contribution in [1.29, 1.82) is 5.26 Å². The molecule has 1 fully saturated rings. The number of rotatable bonds is 5. The molecule has 0 bridgehead atoms. The average Bonchev–Trinajstić information content (AvgIpc) is 2.68. The monoisotopic (exact) mass is 368 g/mol. The van der Waals surface area contributed by atoms with Crippen molar-refractivity contribution >= 4 is 23.3 Å². The van der Waals surface area contributed by atoms with Crippen molar-refractivity contribution in [1.82, 2.24) is 10.3 Å². The fourth-order valence-corrected chi connectivity index (χ4v) is 3.42. The molecule has 1 N–H and O–H groups in total. The molecule has 2 heterocycles. The van der Waals surface area contributed by atoms with Crippen LogP contribution in [-0.4, -0.2) is 30.5 Å². The molecule has 6 heteroatoms. The van der Waals surface area contributed by atoms with Gasteiger partial charge in [0.05, 0.1) is 12.0 Å². The van der Waals surface area contributed by atoms with E-state index in [0.29, 0.717) is 29.5 Å². The van der Waals surface area contributed by atoms with Crippen LogP contribution in [0.3, 0.4) is 0 Å². The van der Waals surface area contributed by atoms with Gasteiger partial charge in [0.2, 0.25) is 5.91 Å². The van der Waals surface area contributed by atoms with Gasteiger partial charge in [-0.2, -0.15) is 5.26 Å². The normalized spacial score (nSPS) is 14.7. The molecular weight excluding hydrogens is 348 g/mol. The lowest BCUT2D eigenvalue weighted by Gasteiger charge is -2.33. The molecule has 0 spiro atoms. The Balaban J connectivity index is 1.46. The zero-order valence-electron chi connectivity index (χ0n) is 14.5. The third kappa shape index (κ3) is 4.53. The van der Waals surface area contributed by atoms with Gasteiger partial charge in [-0.1, -0.05) is 29.8 Å². The van der Waals surface area contributed by atoms with Crippen molar-refractivity contribution in [2.75, 3.05) is 24.5 Å². The van der Waals surface area contributed by atoms with E-state index >= 15 is 0 Å². The van der Waals surface area contributed by atoms with Crippen LogP contribution in [0.4, 0.5) is 5.82 Å². The summed E-state index contributed by atoms with van der Waals surface area (Å²) in [6.07, 6.45) is 3.96. The van der Waals surface area contributed by atoms with Crippen molar-refractivity contribution in [3.05, 3.63) is 58.7 Å². The summed E-state index contributed by atoms with van der Waals surface area (Å²) in [5.74, 6) is 1.20. The third-order valence-electron chi connectivity index (χ3n) is 4.72. The number of benzene rings is 1. The predicted molar refractivity (Wildman–Crippen MR) is 102 cm³/mol. The zero-order valence-corrected chi connectivity index (χ0v) is 15.2. The molecule has 1 aromatic carbocycles. The summed E-state index contributed by atoms with van der Waals surface area (Å²) in [4.78, 5) is 18.7. The Morgan fingerprint density at radius 3 is 2.77 bits per heavy atom. The second-order valence-electron chi connectivity index (χ2n) is 6.49. The summed E-state index contributed by atoms with van der Waals surface area (Å²) in [7, 11) is 0. The van der Waals surface area contributed by atoms with Crippen LogP contribution in [0.5, 0.6) is 0 Å². The minimum Gasteiger partial charge on any atom is -0.356 e. The van der Waals surface area contributed by atoms with E-state index in [2.05, 4.69) is 21.3 Å². The van der Waals surface area contributed by atoms with Crippen molar-refractivity contribution < 1.29 is 4.79 Å². The first-order valence-corrected chi connectivity index (χ1v) is 9.15. The van der Waals surface area contributed by atoms with Gasteiger partial charge >= 0.3 is 0 Å². The number of amides is 1. The zero-order chi connectivity index (χ0) is 18.4. The Hall–Kier alpha value is -2.58. The lowest BCUT2D eigenvalue weighted by molar-refractivity contribution is -0.120. The number of anilines is 1. The predicted octanol–water partition coefficient (Wildman–Crippen LogP) is 3.18. The van der Waals surface area contributed by atoms with E-state index in [4.69, 9.17) is 11.6 Å². The highest BCUT2D eigenvalue weighted by Crippen LogP contribution is 2.24. The van der Waals surface area contributed by atoms with Gasteiger partial charge in [-0.3, -0.25) is 4.79 Å². The molecule has 0 saturated carbocycles. The second kappa shape index (κ2) is 8.68. The van der Waals surface area contributed by atoms with Gasteiger partial charge in [0.15, 0.2) is 0 Å². The molecule has 1 aliphatic heterocycles. The molecule has 1 aliphatic rings. The highest BCUT2D eigenvalue weighted by Gasteiger charge is 2.22. The first-order valence-electron chi connectivity index (χ1n) is 8.77. The van der Waals surface area contributed by atoms with Crippen molar-refractivity contribution in [2.24, 2.45) is 5.92 Å². The van der Waals surface area contributed by atoms with Crippen LogP contribution in [0.15, 0.2) is 42.6 Å². The number of carbonyl (C=O) groups excluding carboxylic acids is 1. The number of carbonyl (C=O) groups is 1. The molecule has 0 unspecified atom stereocenters. The standard InChI is InChI=1S/C20H21ClN4O/c21-18-6-2-1-4-16(18)12-19(26)24-14-15-7-10-25(11-8-15)20-17(13-22)5-3-9-23-20/h1-6,9,15H,7-8,10-12,14H2,(H,24,26). The maximum atomic E-state index is 12.2. The smallest absolute Gasteiger partial charge is 0.224 e. The van der Waals surface area contributed by atoms with E-state index < -0.39 is 0 Å². The van der Waals surface area contributed by atoms with Gasteiger partial charge in [-0.15, -0.1) is 0 Å². The minimum absolute atomic E-state index is 0.00276. The number of hydrogen-bond donors (Lipinski definition) is 1. The number of hydrogen-bond acceptors (Lipinski definition) is 4. The summed E-state index contributed by atoms with van der Waals surface area (Å²) in [5.41, 5.74) is 1.46. The van der Waals surface area contributed by atoms with Crippen molar-refractivity contribution in [2.45, 2.75) is 19.3 Å². The number of piperidine rings is 1. The van der Waals surface area contributed by atoms with Crippen LogP contribution in [0.2, 0.25) is 5.02 Å². The highest BCUT2D eigenvalue weighted by atomic mass is 35.5. The molecule has 2 aromatic rings. The second-order valence-corrected chi connectivity index (χ2v) is 6.90. The summed E-state index contributed by atoms with van der Waals surface area (Å²) in [5, 5.41) is 12.9. The van der Waals surface area contributed by atoms with Crippen LogP contribution in [0.25, 0.3) is 0 Å². The van der Waals surface area contributed by atoms with E-state index in [-0.39, 0.29) is 5.91 Å². The topological polar surface area (TPSA) is 69.0 Å². The number of nitrogens with one attached hydrogen (secondary N) is 1. The Bertz CT molecular complexity index is 809. The van der Waals surface area contributed by atoms with Gasteiger partial charge < -0.3 is 10.2 Å². The van der Waals surface area contributed by atoms with E-state index in [1.54, 1.807) is 24.4 Å². The summed E-state index contributed by atoms with van der Waals surface area (Å²) < 4.78 is 0. The first kappa shape index (κ1) is 18.2. The molecule has 0 atom stereocenters. The Morgan fingerprint density at radius 2 is 2.04 bits per heavy atom. The van der Waals surface area contributed by atoms with Crippen molar-refractivity contribution in [3.8, 4) is 6.07 Å². The van der Waals surface area contributed by atoms with Gasteiger partial charge in [-0.05, 0) is 42.5 Å². The van der Waals surface area contributed by atoms with E-state index in [1.807, 2.05) is 18.2 Å². The molecule has 3 rings (SSSR count). The Labute approximate surface area is 158 Å². The minimum atomic E-state index is -0.00276. The summed E-state index contributed by atoms with van der Waals surface area (Å²) in [6.45, 7) is 2.36. The average molecular weight is 369 g/mol. The Morgan fingerprint density at radius 1 is 1.27 bits per heavy atom. The maximum absolute atomic E-state index is 12.2. The quantitative estimate of drug-likeness (QED) is 0.880. The van der Waals surface area contributed by atoms with Crippen molar-refractivity contribution in [3.63, 3.8) is 0 Å². The number of halogens is 1. The maximum Gasteiger partial charge on any atom is 0.224 e. The van der Waals surface area contributed by atoms with Gasteiger partial charge in [0.25, 0.3) is 0 Å². The summed E-state index contributed by atoms with van der Waals surface area (Å²) in [6, 6.07) is 13.2. The van der Waals surface area contributed by atoms with Gasteiger partial charge in [-0.25, -0.2) is 4.98 Å². The fourth-order valence-electron chi connectivity index (χ4n) is 3.22. The molecular formula is C20H21ClN4O. The van der Waals surface area contributed by atoms with Crippen LogP contribution in [0.1, 0.15) is 24.0 Å². The summed E-state index contributed by atoms with van der Waals surface area (Å²) >= 11 is 6.10. The lowest BCUT2D eigenvalue weighted by atomic mass is 9.96. The number of nitriles is 1. The van der Waals surface area contributed by atoms with E-state index in [1.165, 1.54) is 0 Å². The number of pyridine rings is 1. The molecule has 134 valence electrons. The third-order valence-corrected chi connectivity index (χ3v) is 5.09. The first-order chi connectivity index (χ1) is 12.7. The van der Waals surface area contributed by atoms with Gasteiger partial charge in [0, 0.05) is 30.9 Å². The van der Waals surface area contributed by atoms with Gasteiger partial charge in [0.1, 0.15) is 11.9 Å².